The molecule has 3 nitrogen and oxygen atoms in total. The Morgan fingerprint density at radius 1 is 1.29 bits per heavy atom. The number of ketones is 1. The maximum Gasteiger partial charge on any atom is 0.304 e. The lowest BCUT2D eigenvalue weighted by Gasteiger charge is -2.08. The van der Waals surface area contributed by atoms with Gasteiger partial charge in [0.15, 0.2) is 5.78 Å². The minimum absolute atomic E-state index is 0.151. The van der Waals surface area contributed by atoms with Crippen LogP contribution in [0.15, 0.2) is 18.2 Å². The second-order valence-corrected chi connectivity index (χ2v) is 5.37. The minimum Gasteiger partial charge on any atom is -0.481 e. The van der Waals surface area contributed by atoms with Crippen molar-refractivity contribution >= 4 is 27.7 Å². The normalized spacial score (nSPS) is 15.4. The van der Waals surface area contributed by atoms with Crippen molar-refractivity contribution in [1.29, 1.82) is 0 Å². The van der Waals surface area contributed by atoms with E-state index < -0.39 is 10.8 Å². The number of Topliss-reactive ketones (excluding diaryl/α,β-unsaturated/α-hetero) is 1. The first kappa shape index (κ1) is 12.3. The molecule has 0 radical (unpaired) electrons. The van der Waals surface area contributed by atoms with Gasteiger partial charge in [-0.2, -0.15) is 0 Å². The lowest BCUT2D eigenvalue weighted by molar-refractivity contribution is -0.136. The molecule has 90 valence electrons. The van der Waals surface area contributed by atoms with Crippen LogP contribution in [0.2, 0.25) is 0 Å². The van der Waals surface area contributed by atoms with E-state index in [2.05, 4.69) is 15.9 Å². The van der Waals surface area contributed by atoms with Gasteiger partial charge >= 0.3 is 5.97 Å². The van der Waals surface area contributed by atoms with E-state index in [0.29, 0.717) is 5.56 Å². The second kappa shape index (κ2) is 5.00. The highest BCUT2D eigenvalue weighted by Gasteiger charge is 2.21. The number of carboxylic acid groups (broad SMARTS) is 1. The molecule has 1 aliphatic carbocycles. The highest BCUT2D eigenvalue weighted by molar-refractivity contribution is 9.10. The van der Waals surface area contributed by atoms with Crippen LogP contribution < -0.4 is 0 Å². The molecule has 1 aromatic carbocycles. The Labute approximate surface area is 108 Å². The maximum atomic E-state index is 12.0. The number of carboxylic acids is 1. The summed E-state index contributed by atoms with van der Waals surface area (Å²) in [6.45, 7) is 0. The lowest BCUT2D eigenvalue weighted by Crippen LogP contribution is -2.18. The molecule has 0 saturated heterocycles. The number of aliphatic carboxylic acids is 1. The number of hydrogen-bond acceptors (Lipinski definition) is 2. The number of carbonyl (C=O) groups is 2. The van der Waals surface area contributed by atoms with Gasteiger partial charge in [-0.25, -0.2) is 0 Å². The Morgan fingerprint density at radius 3 is 2.71 bits per heavy atom. The van der Waals surface area contributed by atoms with Crippen molar-refractivity contribution in [2.24, 2.45) is 0 Å². The van der Waals surface area contributed by atoms with Crippen LogP contribution in [-0.4, -0.2) is 21.7 Å². The van der Waals surface area contributed by atoms with Gasteiger partial charge in [-0.15, -0.1) is 0 Å². The summed E-state index contributed by atoms with van der Waals surface area (Å²) >= 11 is 3.13. The van der Waals surface area contributed by atoms with Crippen molar-refractivity contribution < 1.29 is 14.7 Å². The van der Waals surface area contributed by atoms with Crippen molar-refractivity contribution in [2.45, 2.75) is 30.5 Å². The van der Waals surface area contributed by atoms with Gasteiger partial charge in [0.1, 0.15) is 0 Å². The zero-order chi connectivity index (χ0) is 12.4. The summed E-state index contributed by atoms with van der Waals surface area (Å²) in [6, 6.07) is 5.68. The first-order chi connectivity index (χ1) is 8.08. The van der Waals surface area contributed by atoms with Gasteiger partial charge in [0.05, 0.1) is 11.2 Å². The smallest absolute Gasteiger partial charge is 0.304 e. The van der Waals surface area contributed by atoms with Crippen LogP contribution in [0.25, 0.3) is 0 Å². The van der Waals surface area contributed by atoms with Crippen LogP contribution >= 0.6 is 15.9 Å². The Balaban J connectivity index is 2.17. The van der Waals surface area contributed by atoms with Crippen LogP contribution in [0, 0.1) is 0 Å². The molecule has 1 unspecified atom stereocenters. The maximum absolute atomic E-state index is 12.0. The van der Waals surface area contributed by atoms with Crippen molar-refractivity contribution in [1.82, 2.24) is 0 Å². The fourth-order valence-electron chi connectivity index (χ4n) is 2.15. The molecule has 1 atom stereocenters. The Hall–Kier alpha value is -1.16. The van der Waals surface area contributed by atoms with Gasteiger partial charge in [0.2, 0.25) is 0 Å². The quantitative estimate of drug-likeness (QED) is 0.686. The zero-order valence-corrected chi connectivity index (χ0v) is 10.9. The van der Waals surface area contributed by atoms with Gasteiger partial charge in [0.25, 0.3) is 0 Å². The van der Waals surface area contributed by atoms with Crippen LogP contribution in [-0.2, 0) is 17.6 Å². The number of benzene rings is 1. The molecule has 1 N–H and O–H groups in total. The molecule has 0 aromatic heterocycles. The Morgan fingerprint density at radius 2 is 2.00 bits per heavy atom. The van der Waals surface area contributed by atoms with Crippen molar-refractivity contribution in [2.75, 3.05) is 0 Å². The largest absolute Gasteiger partial charge is 0.481 e. The standard InChI is InChI=1S/C13H13BrO3/c14-11(7-12(15)16)13(17)10-5-4-8-2-1-3-9(8)6-10/h4-6,11H,1-3,7H2,(H,15,16). The molecule has 0 saturated carbocycles. The van der Waals surface area contributed by atoms with Crippen molar-refractivity contribution in [3.8, 4) is 0 Å². The molecule has 0 fully saturated rings. The number of carbonyl (C=O) groups excluding carboxylic acids is 1. The third-order valence-electron chi connectivity index (χ3n) is 3.02. The number of hydrogen-bond donors (Lipinski definition) is 1. The average Bonchev–Trinajstić information content (AvgIpc) is 2.73. The molecule has 0 bridgehead atoms. The van der Waals surface area contributed by atoms with Crippen LogP contribution in [0.3, 0.4) is 0 Å². The fraction of sp³-hybridized carbons (Fsp3) is 0.385. The third-order valence-corrected chi connectivity index (χ3v) is 3.76. The molecule has 0 heterocycles. The predicted molar refractivity (Wildman–Crippen MR) is 67.8 cm³/mol. The summed E-state index contributed by atoms with van der Waals surface area (Å²) in [5.74, 6) is -1.12. The molecular formula is C13H13BrO3. The first-order valence-corrected chi connectivity index (χ1v) is 6.51. The van der Waals surface area contributed by atoms with E-state index in [1.807, 2.05) is 12.1 Å². The number of aryl methyl sites for hydroxylation is 2. The summed E-state index contributed by atoms with van der Waals surface area (Å²) < 4.78 is 0. The van der Waals surface area contributed by atoms with E-state index in [9.17, 15) is 9.59 Å². The van der Waals surface area contributed by atoms with Gasteiger partial charge in [-0.05, 0) is 36.5 Å². The van der Waals surface area contributed by atoms with E-state index in [4.69, 9.17) is 5.11 Å². The highest BCUT2D eigenvalue weighted by Crippen LogP contribution is 2.24. The van der Waals surface area contributed by atoms with E-state index in [0.717, 1.165) is 19.3 Å². The van der Waals surface area contributed by atoms with Crippen LogP contribution in [0.4, 0.5) is 0 Å². The molecule has 2 rings (SSSR count). The second-order valence-electron chi connectivity index (χ2n) is 4.27. The van der Waals surface area contributed by atoms with E-state index in [1.165, 1.54) is 11.1 Å². The highest BCUT2D eigenvalue weighted by atomic mass is 79.9. The third kappa shape index (κ3) is 2.75. The molecular weight excluding hydrogens is 284 g/mol. The number of fused-ring (bicyclic) bond motifs is 1. The summed E-state index contributed by atoms with van der Waals surface area (Å²) in [7, 11) is 0. The molecule has 4 heteroatoms. The molecule has 17 heavy (non-hydrogen) atoms. The van der Waals surface area contributed by atoms with Crippen LogP contribution in [0.1, 0.15) is 34.3 Å². The van der Waals surface area contributed by atoms with Gasteiger partial charge < -0.3 is 5.11 Å². The van der Waals surface area contributed by atoms with E-state index in [-0.39, 0.29) is 12.2 Å². The predicted octanol–water partition coefficient (Wildman–Crippen LogP) is 2.60. The Kier molecular flexibility index (Phi) is 3.62. The Bertz CT molecular complexity index is 468. The van der Waals surface area contributed by atoms with Crippen molar-refractivity contribution in [3.05, 3.63) is 34.9 Å². The summed E-state index contributed by atoms with van der Waals surface area (Å²) in [5.41, 5.74) is 3.14. The summed E-state index contributed by atoms with van der Waals surface area (Å²) in [5, 5.41) is 8.65. The topological polar surface area (TPSA) is 54.4 Å². The molecule has 1 aliphatic rings. The number of rotatable bonds is 4. The van der Waals surface area contributed by atoms with E-state index >= 15 is 0 Å². The summed E-state index contributed by atoms with van der Waals surface area (Å²) in [4.78, 5) is 21.9. The number of alkyl halides is 1. The zero-order valence-electron chi connectivity index (χ0n) is 9.28. The average molecular weight is 297 g/mol. The van der Waals surface area contributed by atoms with Gasteiger partial charge in [0, 0.05) is 5.56 Å². The molecule has 0 amide bonds. The SMILES string of the molecule is O=C(O)CC(Br)C(=O)c1ccc2c(c1)CCC2. The van der Waals surface area contributed by atoms with Crippen molar-refractivity contribution in [3.63, 3.8) is 0 Å². The van der Waals surface area contributed by atoms with Gasteiger partial charge in [-0.1, -0.05) is 28.1 Å². The molecule has 1 aromatic rings. The monoisotopic (exact) mass is 296 g/mol. The molecule has 0 spiro atoms. The summed E-state index contributed by atoms with van der Waals surface area (Å²) in [6.07, 6.45) is 3.05. The number of halogens is 1. The van der Waals surface area contributed by atoms with Crippen LogP contribution in [0.5, 0.6) is 0 Å². The molecule has 0 aliphatic heterocycles. The lowest BCUT2D eigenvalue weighted by atomic mass is 10.0. The van der Waals surface area contributed by atoms with Gasteiger partial charge in [-0.3, -0.25) is 9.59 Å². The first-order valence-electron chi connectivity index (χ1n) is 5.60. The van der Waals surface area contributed by atoms with E-state index in [1.54, 1.807) is 6.07 Å². The fourth-order valence-corrected chi connectivity index (χ4v) is 2.69. The minimum atomic E-state index is -0.971.